The minimum Gasteiger partial charge on any atom is -0.491 e. The summed E-state index contributed by atoms with van der Waals surface area (Å²) in [5.41, 5.74) is 1.94. The molecule has 1 saturated heterocycles. The number of hydrogen-bond donors (Lipinski definition) is 0. The van der Waals surface area contributed by atoms with Gasteiger partial charge in [0.1, 0.15) is 0 Å². The zero-order valence-corrected chi connectivity index (χ0v) is 17.9. The maximum Gasteiger partial charge on any atom is 0.247 e. The van der Waals surface area contributed by atoms with Crippen molar-refractivity contribution < 1.29 is 14.3 Å². The fourth-order valence-corrected chi connectivity index (χ4v) is 3.85. The van der Waals surface area contributed by atoms with Crippen LogP contribution in [0.4, 0.5) is 0 Å². The van der Waals surface area contributed by atoms with E-state index in [9.17, 15) is 4.79 Å². The molecule has 3 rings (SSSR count). The van der Waals surface area contributed by atoms with Crippen LogP contribution in [-0.4, -0.2) is 56.1 Å². The highest BCUT2D eigenvalue weighted by Crippen LogP contribution is 2.36. The van der Waals surface area contributed by atoms with Gasteiger partial charge in [-0.15, -0.1) is 0 Å². The van der Waals surface area contributed by atoms with Crippen LogP contribution >= 0.6 is 11.6 Å². The van der Waals surface area contributed by atoms with E-state index in [4.69, 9.17) is 21.1 Å². The zero-order valence-electron chi connectivity index (χ0n) is 17.1. The zero-order chi connectivity index (χ0) is 20.8. The van der Waals surface area contributed by atoms with Gasteiger partial charge in [-0.1, -0.05) is 41.9 Å². The number of piperazine rings is 1. The molecule has 6 heteroatoms. The summed E-state index contributed by atoms with van der Waals surface area (Å²) in [6, 6.07) is 13.8. The molecule has 0 saturated carbocycles. The quantitative estimate of drug-likeness (QED) is 0.662. The molecule has 0 bridgehead atoms. The molecule has 0 aromatic heterocycles. The highest BCUT2D eigenvalue weighted by atomic mass is 35.5. The first-order valence-corrected chi connectivity index (χ1v) is 10.1. The lowest BCUT2D eigenvalue weighted by Crippen LogP contribution is -2.48. The van der Waals surface area contributed by atoms with Gasteiger partial charge in [0.25, 0.3) is 0 Å². The third-order valence-electron chi connectivity index (χ3n) is 5.01. The van der Waals surface area contributed by atoms with Gasteiger partial charge in [-0.25, -0.2) is 0 Å². The van der Waals surface area contributed by atoms with Crippen molar-refractivity contribution in [1.29, 1.82) is 0 Å². The van der Waals surface area contributed by atoms with Crippen LogP contribution in [0.25, 0.3) is 6.08 Å². The number of benzene rings is 2. The summed E-state index contributed by atoms with van der Waals surface area (Å²) < 4.78 is 10.9. The Balaban J connectivity index is 1.82. The number of carbonyl (C=O) groups excluding carboxylic acids is 1. The average molecular weight is 415 g/mol. The molecule has 1 atom stereocenters. The van der Waals surface area contributed by atoms with Crippen LogP contribution in [0.2, 0.25) is 5.02 Å². The summed E-state index contributed by atoms with van der Waals surface area (Å²) in [6.45, 7) is 4.75. The fourth-order valence-electron chi connectivity index (χ4n) is 3.55. The second-order valence-electron chi connectivity index (χ2n) is 7.02. The Morgan fingerprint density at radius 3 is 2.69 bits per heavy atom. The van der Waals surface area contributed by atoms with Gasteiger partial charge in [0, 0.05) is 25.7 Å². The summed E-state index contributed by atoms with van der Waals surface area (Å²) >= 11 is 6.31. The molecule has 1 amide bonds. The van der Waals surface area contributed by atoms with Gasteiger partial charge in [-0.3, -0.25) is 4.79 Å². The molecule has 1 fully saturated rings. The molecule has 5 nitrogen and oxygen atoms in total. The van der Waals surface area contributed by atoms with Gasteiger partial charge >= 0.3 is 0 Å². The summed E-state index contributed by atoms with van der Waals surface area (Å²) in [5, 5.41) is 0.451. The van der Waals surface area contributed by atoms with E-state index in [0.717, 1.165) is 24.2 Å². The van der Waals surface area contributed by atoms with Crippen molar-refractivity contribution in [3.05, 3.63) is 64.7 Å². The minimum absolute atomic E-state index is 0.0168. The molecule has 1 aliphatic heterocycles. The Bertz CT molecular complexity index is 870. The lowest BCUT2D eigenvalue weighted by molar-refractivity contribution is -0.130. The van der Waals surface area contributed by atoms with Gasteiger partial charge in [-0.2, -0.15) is 0 Å². The van der Waals surface area contributed by atoms with Gasteiger partial charge in [0.05, 0.1) is 24.8 Å². The molecule has 0 radical (unpaired) electrons. The number of hydrogen-bond acceptors (Lipinski definition) is 4. The monoisotopic (exact) mass is 414 g/mol. The van der Waals surface area contributed by atoms with Crippen LogP contribution in [0.1, 0.15) is 24.1 Å². The molecule has 0 spiro atoms. The first-order chi connectivity index (χ1) is 14.0. The SMILES string of the molecule is CCOc1cc(/C=C/C(=O)N2CCN(C)CC2c2ccccc2)cc(Cl)c1OC. The number of likely N-dealkylation sites (N-methyl/N-ethyl adjacent to an activating group) is 1. The number of ether oxygens (including phenoxy) is 2. The molecule has 2 aromatic rings. The Kier molecular flexibility index (Phi) is 7.18. The fraction of sp³-hybridized carbons (Fsp3) is 0.348. The smallest absolute Gasteiger partial charge is 0.247 e. The van der Waals surface area contributed by atoms with Crippen molar-refractivity contribution in [2.45, 2.75) is 13.0 Å². The summed E-state index contributed by atoms with van der Waals surface area (Å²) in [7, 11) is 3.64. The van der Waals surface area contributed by atoms with Crippen molar-refractivity contribution in [2.24, 2.45) is 0 Å². The van der Waals surface area contributed by atoms with Gasteiger partial charge in [0.15, 0.2) is 11.5 Å². The molecule has 0 N–H and O–H groups in total. The van der Waals surface area contributed by atoms with Crippen LogP contribution < -0.4 is 9.47 Å². The van der Waals surface area contributed by atoms with Crippen LogP contribution in [0.5, 0.6) is 11.5 Å². The van der Waals surface area contributed by atoms with Gasteiger partial charge < -0.3 is 19.3 Å². The first kappa shape index (κ1) is 21.2. The average Bonchev–Trinajstić information content (AvgIpc) is 2.73. The topological polar surface area (TPSA) is 42.0 Å². The number of halogens is 1. The second-order valence-corrected chi connectivity index (χ2v) is 7.43. The highest BCUT2D eigenvalue weighted by molar-refractivity contribution is 6.32. The van der Waals surface area contributed by atoms with Gasteiger partial charge in [0.2, 0.25) is 5.91 Å². The molecular formula is C23H27ClN2O3. The molecule has 0 aliphatic carbocycles. The number of rotatable bonds is 6. The van der Waals surface area contributed by atoms with E-state index in [2.05, 4.69) is 24.1 Å². The van der Waals surface area contributed by atoms with Crippen LogP contribution in [0.15, 0.2) is 48.5 Å². The third kappa shape index (κ3) is 5.11. The number of amides is 1. The maximum absolute atomic E-state index is 13.0. The lowest BCUT2D eigenvalue weighted by Gasteiger charge is -2.40. The summed E-state index contributed by atoms with van der Waals surface area (Å²) in [5.74, 6) is 1.05. The number of methoxy groups -OCH3 is 1. The second kappa shape index (κ2) is 9.81. The molecule has 1 unspecified atom stereocenters. The van der Waals surface area contributed by atoms with E-state index in [1.54, 1.807) is 25.3 Å². The predicted molar refractivity (Wildman–Crippen MR) is 117 cm³/mol. The van der Waals surface area contributed by atoms with Crippen LogP contribution in [0, 0.1) is 0 Å². The van der Waals surface area contributed by atoms with E-state index in [1.165, 1.54) is 0 Å². The van der Waals surface area contributed by atoms with Crippen molar-refractivity contribution >= 4 is 23.6 Å². The maximum atomic E-state index is 13.0. The Labute approximate surface area is 177 Å². The summed E-state index contributed by atoms with van der Waals surface area (Å²) in [6.07, 6.45) is 3.38. The molecule has 2 aromatic carbocycles. The summed E-state index contributed by atoms with van der Waals surface area (Å²) in [4.78, 5) is 17.2. The minimum atomic E-state index is -0.0168. The molecular weight excluding hydrogens is 388 g/mol. The number of carbonyl (C=O) groups is 1. The van der Waals surface area contributed by atoms with Crippen molar-refractivity contribution in [1.82, 2.24) is 9.80 Å². The van der Waals surface area contributed by atoms with Crippen LogP contribution in [-0.2, 0) is 4.79 Å². The molecule has 1 aliphatic rings. The Hall–Kier alpha value is -2.50. The normalized spacial score (nSPS) is 17.5. The largest absolute Gasteiger partial charge is 0.491 e. The van der Waals surface area contributed by atoms with E-state index in [0.29, 0.717) is 29.7 Å². The van der Waals surface area contributed by atoms with E-state index >= 15 is 0 Å². The van der Waals surface area contributed by atoms with Crippen molar-refractivity contribution in [3.63, 3.8) is 0 Å². The third-order valence-corrected chi connectivity index (χ3v) is 5.29. The van der Waals surface area contributed by atoms with E-state index in [1.807, 2.05) is 36.1 Å². The van der Waals surface area contributed by atoms with Crippen molar-refractivity contribution in [2.75, 3.05) is 40.4 Å². The van der Waals surface area contributed by atoms with Crippen LogP contribution in [0.3, 0.4) is 0 Å². The molecule has 29 heavy (non-hydrogen) atoms. The highest BCUT2D eigenvalue weighted by Gasteiger charge is 2.29. The standard InChI is InChI=1S/C23H27ClN2O3/c1-4-29-21-15-17(14-19(24)23(21)28-3)10-11-22(27)26-13-12-25(2)16-20(26)18-8-6-5-7-9-18/h5-11,14-15,20H,4,12-13,16H2,1-3H3/b11-10+. The van der Waals surface area contributed by atoms with E-state index < -0.39 is 0 Å². The molecule has 1 heterocycles. The Morgan fingerprint density at radius 1 is 1.24 bits per heavy atom. The first-order valence-electron chi connectivity index (χ1n) is 9.76. The lowest BCUT2D eigenvalue weighted by atomic mass is 10.0. The van der Waals surface area contributed by atoms with E-state index in [-0.39, 0.29) is 11.9 Å². The number of nitrogens with zero attached hydrogens (tertiary/aromatic N) is 2. The van der Waals surface area contributed by atoms with Crippen molar-refractivity contribution in [3.8, 4) is 11.5 Å². The Morgan fingerprint density at radius 2 is 2.00 bits per heavy atom. The predicted octanol–water partition coefficient (Wildman–Crippen LogP) is 4.28. The van der Waals surface area contributed by atoms with Gasteiger partial charge in [-0.05, 0) is 43.3 Å². The molecule has 154 valence electrons.